The maximum atomic E-state index is 11.5. The number of nitrogens with one attached hydrogen (secondary N) is 1. The van der Waals surface area contributed by atoms with Gasteiger partial charge in [0.1, 0.15) is 0 Å². The smallest absolute Gasteiger partial charge is 0.246 e. The van der Waals surface area contributed by atoms with E-state index in [9.17, 15) is 9.00 Å². The lowest BCUT2D eigenvalue weighted by atomic mass is 10.2. The highest BCUT2D eigenvalue weighted by atomic mass is 127. The first-order valence-electron chi connectivity index (χ1n) is 4.62. The van der Waals surface area contributed by atoms with Crippen molar-refractivity contribution in [1.82, 2.24) is 4.90 Å². The number of alkyl halides is 1. The zero-order chi connectivity index (χ0) is 11.6. The van der Waals surface area contributed by atoms with Crippen LogP contribution in [0.1, 0.15) is 6.42 Å². The van der Waals surface area contributed by atoms with Crippen molar-refractivity contribution in [3.8, 4) is 0 Å². The molecule has 1 heterocycles. The second kappa shape index (κ2) is 4.82. The van der Waals surface area contributed by atoms with E-state index in [0.717, 1.165) is 6.42 Å². The molecule has 0 spiro atoms. The van der Waals surface area contributed by atoms with Crippen molar-refractivity contribution in [2.24, 2.45) is 0 Å². The van der Waals surface area contributed by atoms with Gasteiger partial charge in [0, 0.05) is 32.5 Å². The summed E-state index contributed by atoms with van der Waals surface area (Å²) in [6.07, 6.45) is 3.52. The molecule has 3 atom stereocenters. The van der Waals surface area contributed by atoms with Crippen molar-refractivity contribution in [2.45, 2.75) is 16.4 Å². The lowest BCUT2D eigenvalue weighted by Gasteiger charge is -2.22. The molecule has 6 heteroatoms. The minimum Gasteiger partial charge on any atom is -0.334 e. The van der Waals surface area contributed by atoms with Gasteiger partial charge >= 0.3 is 0 Å². The highest BCUT2D eigenvalue weighted by molar-refractivity contribution is 14.1. The topological polar surface area (TPSA) is 61.2 Å². The van der Waals surface area contributed by atoms with Gasteiger partial charge in [0.25, 0.3) is 0 Å². The molecule has 1 saturated heterocycles. The van der Waals surface area contributed by atoms with Crippen LogP contribution in [0.4, 0.5) is 0 Å². The fraction of sp³-hybridized carbons (Fsp3) is 0.667. The van der Waals surface area contributed by atoms with Crippen molar-refractivity contribution >= 4 is 38.2 Å². The number of carbonyl (C=O) groups excluding carboxylic acids is 1. The molecule has 0 aromatic heterocycles. The van der Waals surface area contributed by atoms with Crippen molar-refractivity contribution < 1.29 is 9.00 Å². The zero-order valence-corrected chi connectivity index (χ0v) is 11.6. The van der Waals surface area contributed by atoms with Crippen LogP contribution in [-0.2, 0) is 14.5 Å². The summed E-state index contributed by atoms with van der Waals surface area (Å²) in [6.45, 7) is 4.12. The van der Waals surface area contributed by atoms with Crippen molar-refractivity contribution in [3.05, 3.63) is 12.7 Å². The van der Waals surface area contributed by atoms with Crippen LogP contribution >= 0.6 is 22.6 Å². The van der Waals surface area contributed by atoms with E-state index in [-0.39, 0.29) is 17.7 Å². The highest BCUT2D eigenvalue weighted by Crippen LogP contribution is 2.25. The predicted molar refractivity (Wildman–Crippen MR) is 69.8 cm³/mol. The van der Waals surface area contributed by atoms with E-state index in [2.05, 4.69) is 29.2 Å². The summed E-state index contributed by atoms with van der Waals surface area (Å²) in [6, 6.07) is -0.0626. The van der Waals surface area contributed by atoms with E-state index < -0.39 is 9.73 Å². The lowest BCUT2D eigenvalue weighted by molar-refractivity contribution is -0.126. The molecule has 86 valence electrons. The number of carbonyl (C=O) groups is 1. The van der Waals surface area contributed by atoms with Crippen LogP contribution in [-0.4, -0.2) is 43.5 Å². The summed E-state index contributed by atoms with van der Waals surface area (Å²) in [4.78, 5) is 13.2. The molecule has 0 bridgehead atoms. The summed E-state index contributed by atoms with van der Waals surface area (Å²) in [7, 11) is -2.54. The molecule has 0 aromatic carbocycles. The zero-order valence-electron chi connectivity index (χ0n) is 8.61. The van der Waals surface area contributed by atoms with Crippen LogP contribution in [0.2, 0.25) is 0 Å². The average molecular weight is 342 g/mol. The first-order valence-corrected chi connectivity index (χ1v) is 8.00. The van der Waals surface area contributed by atoms with Gasteiger partial charge in [-0.25, -0.2) is 0 Å². The Morgan fingerprint density at radius 2 is 2.40 bits per heavy atom. The predicted octanol–water partition coefficient (Wildman–Crippen LogP) is 1.25. The molecular weight excluding hydrogens is 327 g/mol. The largest absolute Gasteiger partial charge is 0.334 e. The fourth-order valence-corrected chi connectivity index (χ4v) is 3.83. The van der Waals surface area contributed by atoms with E-state index in [4.69, 9.17) is 4.78 Å². The molecule has 1 N–H and O–H groups in total. The maximum Gasteiger partial charge on any atom is 0.246 e. The van der Waals surface area contributed by atoms with Gasteiger partial charge in [-0.05, 0) is 12.5 Å². The monoisotopic (exact) mass is 342 g/mol. The second-order valence-corrected chi connectivity index (χ2v) is 7.96. The van der Waals surface area contributed by atoms with Crippen LogP contribution < -0.4 is 0 Å². The molecule has 0 aliphatic carbocycles. The standard InChI is InChI=1S/C9H15IN2O2S/c1-3-9(13)12-5-7(10)4-8(12)6-15(2,11)14/h3,7-8,11H,1,4-6H2,2H3/t7-,8+,15?/m0/s1. The second-order valence-electron chi connectivity index (χ2n) is 3.85. The Balaban J connectivity index is 2.77. The van der Waals surface area contributed by atoms with Crippen LogP contribution in [0.3, 0.4) is 0 Å². The molecule has 1 rings (SSSR count). The summed E-state index contributed by atoms with van der Waals surface area (Å²) in [5.74, 6) is 0.148. The first-order chi connectivity index (χ1) is 6.83. The van der Waals surface area contributed by atoms with Crippen molar-refractivity contribution in [3.63, 3.8) is 0 Å². The molecule has 0 aromatic rings. The summed E-state index contributed by atoms with van der Waals surface area (Å²) < 4.78 is 19.2. The molecule has 1 aliphatic heterocycles. The summed E-state index contributed by atoms with van der Waals surface area (Å²) in [5.41, 5.74) is 0. The number of amides is 1. The minimum absolute atomic E-state index is 0.0626. The van der Waals surface area contributed by atoms with Gasteiger partial charge in [-0.1, -0.05) is 29.2 Å². The third-order valence-corrected chi connectivity index (χ3v) is 4.25. The maximum absolute atomic E-state index is 11.5. The molecule has 1 amide bonds. The van der Waals surface area contributed by atoms with Crippen LogP contribution in [0, 0.1) is 4.78 Å². The molecule has 1 fully saturated rings. The lowest BCUT2D eigenvalue weighted by Crippen LogP contribution is -2.38. The minimum atomic E-state index is -2.54. The molecule has 0 saturated carbocycles. The SMILES string of the molecule is C=CC(=O)N1C[C@@H](I)C[C@@H]1CS(C)(=N)=O. The molecule has 1 aliphatic rings. The average Bonchev–Trinajstić information content (AvgIpc) is 2.42. The molecule has 4 nitrogen and oxygen atoms in total. The number of rotatable bonds is 3. The number of hydrogen-bond donors (Lipinski definition) is 1. The Hall–Kier alpha value is -0.110. The number of hydrogen-bond acceptors (Lipinski definition) is 3. The Kier molecular flexibility index (Phi) is 4.16. The van der Waals surface area contributed by atoms with Crippen LogP contribution in [0.15, 0.2) is 12.7 Å². The number of likely N-dealkylation sites (tertiary alicyclic amines) is 1. The van der Waals surface area contributed by atoms with E-state index in [1.54, 1.807) is 4.90 Å². The third kappa shape index (κ3) is 3.75. The number of halogens is 1. The fourth-order valence-electron chi connectivity index (χ4n) is 1.77. The Morgan fingerprint density at radius 1 is 1.80 bits per heavy atom. The molecular formula is C9H15IN2O2S. The van der Waals surface area contributed by atoms with Gasteiger partial charge in [0.15, 0.2) is 0 Å². The van der Waals surface area contributed by atoms with Crippen molar-refractivity contribution in [1.29, 1.82) is 4.78 Å². The van der Waals surface area contributed by atoms with E-state index in [1.165, 1.54) is 12.3 Å². The summed E-state index contributed by atoms with van der Waals surface area (Å²) in [5, 5.41) is 0. The van der Waals surface area contributed by atoms with Gasteiger partial charge in [-0.3, -0.25) is 13.8 Å². The highest BCUT2D eigenvalue weighted by Gasteiger charge is 2.33. The first kappa shape index (κ1) is 13.0. The van der Waals surface area contributed by atoms with Gasteiger partial charge in [0.05, 0.1) is 5.75 Å². The Morgan fingerprint density at radius 3 is 2.87 bits per heavy atom. The molecule has 0 radical (unpaired) electrons. The third-order valence-electron chi connectivity index (χ3n) is 2.33. The van der Waals surface area contributed by atoms with Gasteiger partial charge in [0.2, 0.25) is 5.91 Å². The van der Waals surface area contributed by atoms with Crippen LogP contribution in [0.25, 0.3) is 0 Å². The molecule has 1 unspecified atom stereocenters. The normalized spacial score (nSPS) is 29.9. The van der Waals surface area contributed by atoms with Gasteiger partial charge < -0.3 is 4.90 Å². The van der Waals surface area contributed by atoms with E-state index >= 15 is 0 Å². The van der Waals surface area contributed by atoms with E-state index in [0.29, 0.717) is 10.5 Å². The van der Waals surface area contributed by atoms with Crippen molar-refractivity contribution in [2.75, 3.05) is 18.6 Å². The number of nitrogens with zero attached hydrogens (tertiary/aromatic N) is 1. The van der Waals surface area contributed by atoms with E-state index in [1.807, 2.05) is 0 Å². The van der Waals surface area contributed by atoms with Gasteiger partial charge in [-0.15, -0.1) is 0 Å². The Labute approximate surface area is 104 Å². The van der Waals surface area contributed by atoms with Crippen LogP contribution in [0.5, 0.6) is 0 Å². The quantitative estimate of drug-likeness (QED) is 0.477. The molecule has 15 heavy (non-hydrogen) atoms. The van der Waals surface area contributed by atoms with Gasteiger partial charge in [-0.2, -0.15) is 0 Å². The summed E-state index contributed by atoms with van der Waals surface area (Å²) >= 11 is 2.28. The Bertz CT molecular complexity index is 366.